The average molecular weight is 426 g/mol. The second kappa shape index (κ2) is 9.73. The van der Waals surface area contributed by atoms with Gasteiger partial charge in [-0.25, -0.2) is 4.39 Å². The minimum atomic E-state index is -0.696. The molecular weight excluding hydrogens is 399 g/mol. The lowest BCUT2D eigenvalue weighted by Gasteiger charge is -2.26. The van der Waals surface area contributed by atoms with Crippen LogP contribution >= 0.6 is 0 Å². The van der Waals surface area contributed by atoms with Gasteiger partial charge in [-0.1, -0.05) is 20.3 Å². The Bertz CT molecular complexity index is 988. The highest BCUT2D eigenvalue weighted by molar-refractivity contribution is 6.20. The smallest absolute Gasteiger partial charge is 0.326 e. The predicted octanol–water partition coefficient (Wildman–Crippen LogP) is 4.00. The molecule has 0 N–H and O–H groups in total. The molecule has 0 saturated heterocycles. The minimum absolute atomic E-state index is 0.0659. The van der Waals surface area contributed by atoms with Gasteiger partial charge in [0.25, 0.3) is 5.91 Å². The van der Waals surface area contributed by atoms with Gasteiger partial charge in [0.1, 0.15) is 24.2 Å². The lowest BCUT2D eigenvalue weighted by Crippen LogP contribution is -2.43. The zero-order valence-corrected chi connectivity index (χ0v) is 18.2. The Balaban J connectivity index is 2.23. The standard InChI is InChI=1S/C24H27FN2O4/c1-5-15(3)22-24(29)27(14-21(28)31-6-2)20-12-11-18(30-4)13-19(20)23(26-22)16-7-9-17(25)10-8-16/h7-13,15,22H,5-6,14H2,1-4H3/t15?,22-/m0/s1. The molecular formula is C24H27FN2O4. The van der Waals surface area contributed by atoms with E-state index in [4.69, 9.17) is 14.5 Å². The molecule has 0 radical (unpaired) electrons. The monoisotopic (exact) mass is 426 g/mol. The van der Waals surface area contributed by atoms with Crippen LogP contribution in [0.4, 0.5) is 10.1 Å². The summed E-state index contributed by atoms with van der Waals surface area (Å²) in [5.41, 5.74) is 2.40. The number of benzene rings is 2. The first-order valence-electron chi connectivity index (χ1n) is 10.4. The van der Waals surface area contributed by atoms with Crippen molar-refractivity contribution in [3.8, 4) is 5.75 Å². The highest BCUT2D eigenvalue weighted by Gasteiger charge is 2.36. The summed E-state index contributed by atoms with van der Waals surface area (Å²) in [6.07, 6.45) is 0.726. The third-order valence-corrected chi connectivity index (χ3v) is 5.43. The number of rotatable bonds is 7. The van der Waals surface area contributed by atoms with Crippen molar-refractivity contribution in [2.24, 2.45) is 10.9 Å². The van der Waals surface area contributed by atoms with Gasteiger partial charge in [-0.2, -0.15) is 0 Å². The second-order valence-electron chi connectivity index (χ2n) is 7.43. The average Bonchev–Trinajstić information content (AvgIpc) is 2.89. The lowest BCUT2D eigenvalue weighted by molar-refractivity contribution is -0.142. The number of carbonyl (C=O) groups excluding carboxylic acids is 2. The number of hydrogen-bond acceptors (Lipinski definition) is 5. The normalized spacial score (nSPS) is 16.8. The zero-order valence-electron chi connectivity index (χ0n) is 18.2. The van der Waals surface area contributed by atoms with Crippen LogP contribution in [0.5, 0.6) is 5.75 Å². The number of halogens is 1. The quantitative estimate of drug-likeness (QED) is 0.628. The van der Waals surface area contributed by atoms with Gasteiger partial charge in [0, 0.05) is 11.1 Å². The fraction of sp³-hybridized carbons (Fsp3) is 0.375. The van der Waals surface area contributed by atoms with Crippen molar-refractivity contribution in [3.63, 3.8) is 0 Å². The van der Waals surface area contributed by atoms with Crippen molar-refractivity contribution in [2.75, 3.05) is 25.2 Å². The third-order valence-electron chi connectivity index (χ3n) is 5.43. The summed E-state index contributed by atoms with van der Waals surface area (Å²) in [5.74, 6) is -0.609. The van der Waals surface area contributed by atoms with Crippen LogP contribution in [0.15, 0.2) is 47.5 Å². The summed E-state index contributed by atoms with van der Waals surface area (Å²) >= 11 is 0. The van der Waals surface area contributed by atoms with E-state index in [0.29, 0.717) is 28.3 Å². The number of hydrogen-bond donors (Lipinski definition) is 0. The van der Waals surface area contributed by atoms with Gasteiger partial charge in [-0.15, -0.1) is 0 Å². The molecule has 0 bridgehead atoms. The number of methoxy groups -OCH3 is 1. The molecule has 6 nitrogen and oxygen atoms in total. The van der Waals surface area contributed by atoms with Crippen LogP contribution in [-0.2, 0) is 14.3 Å². The van der Waals surface area contributed by atoms with E-state index in [1.165, 1.54) is 17.0 Å². The Morgan fingerprint density at radius 1 is 1.19 bits per heavy atom. The van der Waals surface area contributed by atoms with E-state index in [2.05, 4.69) is 0 Å². The van der Waals surface area contributed by atoms with Crippen LogP contribution < -0.4 is 9.64 Å². The van der Waals surface area contributed by atoms with Gasteiger partial charge < -0.3 is 9.47 Å². The fourth-order valence-electron chi connectivity index (χ4n) is 3.54. The topological polar surface area (TPSA) is 68.2 Å². The summed E-state index contributed by atoms with van der Waals surface area (Å²) in [7, 11) is 1.55. The predicted molar refractivity (Wildman–Crippen MR) is 117 cm³/mol. The summed E-state index contributed by atoms with van der Waals surface area (Å²) in [4.78, 5) is 32.1. The van der Waals surface area contributed by atoms with Crippen LogP contribution in [-0.4, -0.2) is 43.9 Å². The maximum atomic E-state index is 13.6. The van der Waals surface area contributed by atoms with E-state index in [-0.39, 0.29) is 30.8 Å². The highest BCUT2D eigenvalue weighted by atomic mass is 19.1. The molecule has 0 aliphatic carbocycles. The summed E-state index contributed by atoms with van der Waals surface area (Å²) in [5, 5.41) is 0. The van der Waals surface area contributed by atoms with E-state index >= 15 is 0 Å². The Labute approximate surface area is 181 Å². The molecule has 2 aromatic rings. The van der Waals surface area contributed by atoms with Crippen LogP contribution in [0.25, 0.3) is 0 Å². The molecule has 0 spiro atoms. The van der Waals surface area contributed by atoms with Gasteiger partial charge in [-0.3, -0.25) is 19.5 Å². The van der Waals surface area contributed by atoms with E-state index in [1.54, 1.807) is 44.4 Å². The van der Waals surface area contributed by atoms with Crippen molar-refractivity contribution >= 4 is 23.3 Å². The van der Waals surface area contributed by atoms with E-state index in [0.717, 1.165) is 6.42 Å². The van der Waals surface area contributed by atoms with Gasteiger partial charge >= 0.3 is 5.97 Å². The van der Waals surface area contributed by atoms with E-state index in [9.17, 15) is 14.0 Å². The molecule has 1 amide bonds. The van der Waals surface area contributed by atoms with Crippen molar-refractivity contribution in [3.05, 3.63) is 59.4 Å². The highest BCUT2D eigenvalue weighted by Crippen LogP contribution is 2.33. The van der Waals surface area contributed by atoms with Gasteiger partial charge in [0.2, 0.25) is 0 Å². The number of benzodiazepines with no additional fused rings is 1. The van der Waals surface area contributed by atoms with Crippen molar-refractivity contribution in [1.82, 2.24) is 0 Å². The first-order valence-corrected chi connectivity index (χ1v) is 10.4. The first-order chi connectivity index (χ1) is 14.9. The molecule has 31 heavy (non-hydrogen) atoms. The Morgan fingerprint density at radius 2 is 1.90 bits per heavy atom. The number of anilines is 1. The molecule has 1 unspecified atom stereocenters. The number of amides is 1. The van der Waals surface area contributed by atoms with Crippen LogP contribution in [0.2, 0.25) is 0 Å². The summed E-state index contributed by atoms with van der Waals surface area (Å²) in [6, 6.07) is 10.5. The van der Waals surface area contributed by atoms with Crippen LogP contribution in [0, 0.1) is 11.7 Å². The number of esters is 1. The molecule has 2 aromatic carbocycles. The molecule has 1 aliphatic heterocycles. The number of carbonyl (C=O) groups is 2. The Morgan fingerprint density at radius 3 is 2.52 bits per heavy atom. The third kappa shape index (κ3) is 4.76. The van der Waals surface area contributed by atoms with Crippen LogP contribution in [0.3, 0.4) is 0 Å². The Kier molecular flexibility index (Phi) is 7.05. The first kappa shape index (κ1) is 22.5. The molecule has 1 aliphatic rings. The molecule has 1 heterocycles. The maximum Gasteiger partial charge on any atom is 0.326 e. The number of nitrogens with zero attached hydrogens (tertiary/aromatic N) is 2. The SMILES string of the molecule is CCOC(=O)CN1C(=O)[C@H](C(C)CC)N=C(c2ccc(F)cc2)c2cc(OC)ccc21. The maximum absolute atomic E-state index is 13.6. The minimum Gasteiger partial charge on any atom is -0.497 e. The van der Waals surface area contributed by atoms with Crippen LogP contribution in [0.1, 0.15) is 38.3 Å². The molecule has 0 aromatic heterocycles. The largest absolute Gasteiger partial charge is 0.497 e. The fourth-order valence-corrected chi connectivity index (χ4v) is 3.54. The van der Waals surface area contributed by atoms with Crippen molar-refractivity contribution in [2.45, 2.75) is 33.2 Å². The van der Waals surface area contributed by atoms with E-state index < -0.39 is 12.0 Å². The van der Waals surface area contributed by atoms with Crippen molar-refractivity contribution in [1.29, 1.82) is 0 Å². The van der Waals surface area contributed by atoms with Crippen molar-refractivity contribution < 1.29 is 23.5 Å². The molecule has 7 heteroatoms. The summed E-state index contributed by atoms with van der Waals surface area (Å²) < 4.78 is 24.1. The lowest BCUT2D eigenvalue weighted by atomic mass is 9.97. The van der Waals surface area contributed by atoms with Gasteiger partial charge in [0.05, 0.1) is 25.1 Å². The molecule has 2 atom stereocenters. The molecule has 164 valence electrons. The number of ether oxygens (including phenoxy) is 2. The molecule has 0 fully saturated rings. The number of fused-ring (bicyclic) bond motifs is 1. The molecule has 0 saturated carbocycles. The Hall–Kier alpha value is -3.22. The molecule has 3 rings (SSSR count). The van der Waals surface area contributed by atoms with Gasteiger partial charge in [-0.05, 0) is 55.3 Å². The zero-order chi connectivity index (χ0) is 22.5. The summed E-state index contributed by atoms with van der Waals surface area (Å²) in [6.45, 7) is 5.67. The van der Waals surface area contributed by atoms with Gasteiger partial charge in [0.15, 0.2) is 0 Å². The van der Waals surface area contributed by atoms with E-state index in [1.807, 2.05) is 13.8 Å². The number of aliphatic imine (C=N–C) groups is 1. The second-order valence-corrected chi connectivity index (χ2v) is 7.43.